The number of nitrogens with zero attached hydrogens (tertiary/aromatic N) is 1. The van der Waals surface area contributed by atoms with Crippen molar-refractivity contribution in [2.45, 2.75) is 45.1 Å². The van der Waals surface area contributed by atoms with Crippen molar-refractivity contribution in [1.29, 1.82) is 0 Å². The molecule has 0 aromatic carbocycles. The first-order chi connectivity index (χ1) is 11.3. The first-order valence-corrected chi connectivity index (χ1v) is 9.39. The van der Waals surface area contributed by atoms with Gasteiger partial charge in [-0.25, -0.2) is 0 Å². The van der Waals surface area contributed by atoms with Crippen molar-refractivity contribution in [3.05, 3.63) is 22.4 Å². The molecule has 1 aliphatic rings. The van der Waals surface area contributed by atoms with Gasteiger partial charge in [-0.15, -0.1) is 35.3 Å². The van der Waals surface area contributed by atoms with Crippen molar-refractivity contribution in [1.82, 2.24) is 16.0 Å². The van der Waals surface area contributed by atoms with Crippen molar-refractivity contribution >= 4 is 47.2 Å². The fourth-order valence-electron chi connectivity index (χ4n) is 2.91. The molecule has 1 aromatic rings. The number of carbonyl (C=O) groups is 1. The molecule has 0 aliphatic heterocycles. The molecule has 1 saturated carbocycles. The van der Waals surface area contributed by atoms with Crippen molar-refractivity contribution in [2.75, 3.05) is 20.1 Å². The fraction of sp³-hybridized carbons (Fsp3) is 0.647. The Labute approximate surface area is 166 Å². The summed E-state index contributed by atoms with van der Waals surface area (Å²) in [5, 5.41) is 11.5. The molecule has 0 spiro atoms. The van der Waals surface area contributed by atoms with Crippen LogP contribution in [0.5, 0.6) is 0 Å². The number of carbonyl (C=O) groups excluding carboxylic acids is 1. The van der Waals surface area contributed by atoms with Gasteiger partial charge in [-0.05, 0) is 30.2 Å². The van der Waals surface area contributed by atoms with Gasteiger partial charge in [-0.3, -0.25) is 9.79 Å². The molecule has 1 fully saturated rings. The molecule has 136 valence electrons. The number of thiophene rings is 1. The first kappa shape index (κ1) is 21.2. The molecule has 0 saturated heterocycles. The van der Waals surface area contributed by atoms with E-state index in [9.17, 15) is 4.79 Å². The fourth-order valence-corrected chi connectivity index (χ4v) is 3.56. The minimum Gasteiger partial charge on any atom is -0.355 e. The average Bonchev–Trinajstić information content (AvgIpc) is 3.08. The number of hydrogen-bond donors (Lipinski definition) is 3. The van der Waals surface area contributed by atoms with E-state index in [1.807, 2.05) is 6.07 Å². The van der Waals surface area contributed by atoms with E-state index in [4.69, 9.17) is 0 Å². The molecule has 7 heteroatoms. The highest BCUT2D eigenvalue weighted by Crippen LogP contribution is 2.25. The largest absolute Gasteiger partial charge is 0.355 e. The summed E-state index contributed by atoms with van der Waals surface area (Å²) in [4.78, 5) is 17.4. The predicted octanol–water partition coefficient (Wildman–Crippen LogP) is 3.12. The lowest BCUT2D eigenvalue weighted by molar-refractivity contribution is -0.122. The number of hydrogen-bond acceptors (Lipinski definition) is 3. The van der Waals surface area contributed by atoms with E-state index in [-0.39, 0.29) is 29.9 Å². The van der Waals surface area contributed by atoms with Crippen LogP contribution in [0.1, 0.15) is 43.4 Å². The second-order valence-corrected chi connectivity index (χ2v) is 7.02. The van der Waals surface area contributed by atoms with Crippen LogP contribution in [-0.2, 0) is 11.3 Å². The Balaban J connectivity index is 0.00000288. The molecule has 1 amide bonds. The molecular weight excluding hydrogens is 435 g/mol. The zero-order valence-electron chi connectivity index (χ0n) is 14.3. The lowest BCUT2D eigenvalue weighted by Crippen LogP contribution is -2.41. The summed E-state index contributed by atoms with van der Waals surface area (Å²) in [5.74, 6) is 1.54. The van der Waals surface area contributed by atoms with Gasteiger partial charge in [0, 0.05) is 31.4 Å². The van der Waals surface area contributed by atoms with E-state index in [1.54, 1.807) is 18.4 Å². The Morgan fingerprint density at radius 3 is 2.62 bits per heavy atom. The summed E-state index contributed by atoms with van der Waals surface area (Å²) in [7, 11) is 1.76. The van der Waals surface area contributed by atoms with Crippen LogP contribution < -0.4 is 16.0 Å². The maximum atomic E-state index is 11.9. The Morgan fingerprint density at radius 2 is 1.96 bits per heavy atom. The molecule has 1 heterocycles. The van der Waals surface area contributed by atoms with Crippen molar-refractivity contribution < 1.29 is 4.79 Å². The second-order valence-electron chi connectivity index (χ2n) is 5.99. The summed E-state index contributed by atoms with van der Waals surface area (Å²) >= 11 is 1.72. The lowest BCUT2D eigenvalue weighted by atomic mass is 9.87. The van der Waals surface area contributed by atoms with Gasteiger partial charge in [0.25, 0.3) is 0 Å². The third-order valence-electron chi connectivity index (χ3n) is 4.17. The Hall–Kier alpha value is -0.830. The summed E-state index contributed by atoms with van der Waals surface area (Å²) in [6.07, 6.45) is 7.01. The third kappa shape index (κ3) is 8.32. The monoisotopic (exact) mass is 464 g/mol. The van der Waals surface area contributed by atoms with Gasteiger partial charge in [-0.1, -0.05) is 25.3 Å². The minimum absolute atomic E-state index is 0. The lowest BCUT2D eigenvalue weighted by Gasteiger charge is -2.20. The van der Waals surface area contributed by atoms with E-state index < -0.39 is 0 Å². The van der Waals surface area contributed by atoms with Gasteiger partial charge in [0.1, 0.15) is 0 Å². The van der Waals surface area contributed by atoms with Gasteiger partial charge in [0.05, 0.1) is 6.54 Å². The van der Waals surface area contributed by atoms with Crippen LogP contribution in [0.2, 0.25) is 0 Å². The van der Waals surface area contributed by atoms with E-state index in [2.05, 4.69) is 32.4 Å². The van der Waals surface area contributed by atoms with Crippen LogP contribution in [0.15, 0.2) is 22.5 Å². The average molecular weight is 464 g/mol. The molecule has 3 N–H and O–H groups in total. The molecule has 1 aliphatic carbocycles. The zero-order valence-corrected chi connectivity index (χ0v) is 17.5. The van der Waals surface area contributed by atoms with E-state index in [1.165, 1.54) is 37.0 Å². The molecule has 1 aromatic heterocycles. The second kappa shape index (κ2) is 12.5. The predicted molar refractivity (Wildman–Crippen MR) is 112 cm³/mol. The van der Waals surface area contributed by atoms with E-state index in [0.29, 0.717) is 25.4 Å². The smallest absolute Gasteiger partial charge is 0.220 e. The molecule has 0 bridgehead atoms. The van der Waals surface area contributed by atoms with Gasteiger partial charge < -0.3 is 16.0 Å². The molecule has 0 radical (unpaired) electrons. The quantitative estimate of drug-likeness (QED) is 0.252. The van der Waals surface area contributed by atoms with Crippen LogP contribution in [0.3, 0.4) is 0 Å². The molecular formula is C17H29IN4OS. The van der Waals surface area contributed by atoms with Gasteiger partial charge in [-0.2, -0.15) is 0 Å². The normalized spacial score (nSPS) is 15.5. The van der Waals surface area contributed by atoms with Crippen LogP contribution in [-0.4, -0.2) is 32.0 Å². The molecule has 5 nitrogen and oxygen atoms in total. The standard InChI is InChI=1S/C17H28N4OS.HI/c1-18-17(21-13-15-8-5-11-23-15)20-10-9-19-16(22)12-14-6-3-2-4-7-14;/h5,8,11,14H,2-4,6-7,9-10,12-13H2,1H3,(H,19,22)(H2,18,20,21);1H. The van der Waals surface area contributed by atoms with Crippen molar-refractivity contribution in [3.8, 4) is 0 Å². The number of amides is 1. The highest BCUT2D eigenvalue weighted by molar-refractivity contribution is 14.0. The number of rotatable bonds is 7. The number of guanidine groups is 1. The Bertz CT molecular complexity index is 487. The van der Waals surface area contributed by atoms with Crippen LogP contribution in [0, 0.1) is 5.92 Å². The van der Waals surface area contributed by atoms with Crippen molar-refractivity contribution in [3.63, 3.8) is 0 Å². The highest BCUT2D eigenvalue weighted by Gasteiger charge is 2.16. The summed E-state index contributed by atoms with van der Waals surface area (Å²) in [5.41, 5.74) is 0. The van der Waals surface area contributed by atoms with Gasteiger partial charge in [0.15, 0.2) is 5.96 Å². The number of aliphatic imine (C=N–C) groups is 1. The SMILES string of the molecule is CN=C(NCCNC(=O)CC1CCCCC1)NCc1cccs1.I. The third-order valence-corrected chi connectivity index (χ3v) is 5.05. The van der Waals surface area contributed by atoms with Gasteiger partial charge >= 0.3 is 0 Å². The van der Waals surface area contributed by atoms with Crippen LogP contribution >= 0.6 is 35.3 Å². The maximum Gasteiger partial charge on any atom is 0.220 e. The summed E-state index contributed by atoms with van der Waals surface area (Å²) in [6, 6.07) is 4.14. The Kier molecular flexibility index (Phi) is 11.1. The highest BCUT2D eigenvalue weighted by atomic mass is 127. The minimum atomic E-state index is 0. The molecule has 24 heavy (non-hydrogen) atoms. The molecule has 0 atom stereocenters. The van der Waals surface area contributed by atoms with E-state index in [0.717, 1.165) is 12.5 Å². The van der Waals surface area contributed by atoms with Crippen LogP contribution in [0.25, 0.3) is 0 Å². The summed E-state index contributed by atoms with van der Waals surface area (Å²) in [6.45, 7) is 2.08. The first-order valence-electron chi connectivity index (χ1n) is 8.51. The topological polar surface area (TPSA) is 65.5 Å². The molecule has 0 unspecified atom stereocenters. The zero-order chi connectivity index (χ0) is 16.3. The molecule has 2 rings (SSSR count). The summed E-state index contributed by atoms with van der Waals surface area (Å²) < 4.78 is 0. The van der Waals surface area contributed by atoms with Gasteiger partial charge in [0.2, 0.25) is 5.91 Å². The Morgan fingerprint density at radius 1 is 1.21 bits per heavy atom. The number of nitrogens with one attached hydrogen (secondary N) is 3. The maximum absolute atomic E-state index is 11.9. The van der Waals surface area contributed by atoms with E-state index >= 15 is 0 Å². The van der Waals surface area contributed by atoms with Crippen molar-refractivity contribution in [2.24, 2.45) is 10.9 Å². The number of halogens is 1. The van der Waals surface area contributed by atoms with Crippen LogP contribution in [0.4, 0.5) is 0 Å².